The first-order valence-corrected chi connectivity index (χ1v) is 15.3. The van der Waals surface area contributed by atoms with E-state index in [9.17, 15) is 0 Å². The van der Waals surface area contributed by atoms with Crippen LogP contribution in [-0.2, 0) is 15.9 Å². The van der Waals surface area contributed by atoms with Gasteiger partial charge in [0.1, 0.15) is 24.3 Å². The maximum atomic E-state index is 6.73. The van der Waals surface area contributed by atoms with Gasteiger partial charge in [-0.3, -0.25) is 9.98 Å². The lowest BCUT2D eigenvalue weighted by Crippen LogP contribution is -2.46. The van der Waals surface area contributed by atoms with Gasteiger partial charge in [0.25, 0.3) is 0 Å². The number of aromatic nitrogens is 2. The molecule has 2 aromatic rings. The Morgan fingerprint density at radius 1 is 1.26 bits per heavy atom. The average Bonchev–Trinajstić information content (AvgIpc) is 3.55. The van der Waals surface area contributed by atoms with E-state index in [0.717, 1.165) is 73.3 Å². The van der Waals surface area contributed by atoms with E-state index in [2.05, 4.69) is 37.5 Å². The van der Waals surface area contributed by atoms with Crippen molar-refractivity contribution in [2.75, 3.05) is 51.7 Å². The van der Waals surface area contributed by atoms with E-state index in [1.165, 1.54) is 17.3 Å². The summed E-state index contributed by atoms with van der Waals surface area (Å²) in [5.41, 5.74) is 15.6. The second-order valence-corrected chi connectivity index (χ2v) is 12.6. The highest BCUT2D eigenvalue weighted by Gasteiger charge is 2.46. The summed E-state index contributed by atoms with van der Waals surface area (Å²) in [5, 5.41) is 0.536. The smallest absolute Gasteiger partial charge is 0.175 e. The Labute approximate surface area is 251 Å². The third kappa shape index (κ3) is 5.48. The van der Waals surface area contributed by atoms with Crippen molar-refractivity contribution in [3.63, 3.8) is 0 Å². The molecule has 3 aliphatic heterocycles. The van der Waals surface area contributed by atoms with Crippen LogP contribution in [0.15, 0.2) is 56.3 Å². The number of fused-ring (bicyclic) bond motifs is 4. The third-order valence-electron chi connectivity index (χ3n) is 9.11. The van der Waals surface area contributed by atoms with Gasteiger partial charge in [0.15, 0.2) is 17.4 Å². The fourth-order valence-electron chi connectivity index (χ4n) is 6.85. The molecule has 0 radical (unpaired) electrons. The first-order chi connectivity index (χ1) is 20.4. The van der Waals surface area contributed by atoms with Crippen molar-refractivity contribution in [3.8, 4) is 5.75 Å². The predicted octanol–water partition coefficient (Wildman–Crippen LogP) is 3.32. The van der Waals surface area contributed by atoms with Crippen LogP contribution in [0.3, 0.4) is 0 Å². The lowest BCUT2D eigenvalue weighted by molar-refractivity contribution is -0.0414. The van der Waals surface area contributed by atoms with Crippen LogP contribution in [0.2, 0.25) is 0 Å². The Balaban J connectivity index is 1.13. The Bertz CT molecular complexity index is 1380. The van der Waals surface area contributed by atoms with Gasteiger partial charge in [0, 0.05) is 56.8 Å². The lowest BCUT2D eigenvalue weighted by Gasteiger charge is -2.42. The molecule has 224 valence electrons. The Morgan fingerprint density at radius 2 is 2.10 bits per heavy atom. The largest absolute Gasteiger partial charge is 0.486 e. The van der Waals surface area contributed by atoms with Gasteiger partial charge in [-0.2, -0.15) is 0 Å². The molecule has 2 unspecified atom stereocenters. The summed E-state index contributed by atoms with van der Waals surface area (Å²) in [5.74, 6) is 3.18. The number of rotatable bonds is 8. The number of anilines is 1. The monoisotopic (exact) mass is 592 g/mol. The normalized spacial score (nSPS) is 25.0. The number of ether oxygens (including phenoxy) is 3. The van der Waals surface area contributed by atoms with Gasteiger partial charge in [0.2, 0.25) is 0 Å². The van der Waals surface area contributed by atoms with E-state index in [1.807, 2.05) is 25.3 Å². The predicted molar refractivity (Wildman–Crippen MR) is 165 cm³/mol. The fraction of sp³-hybridized carbons (Fsp3) is 0.533. The molecule has 2 aromatic heterocycles. The molecular formula is C30H40N8O3S. The van der Waals surface area contributed by atoms with E-state index in [-0.39, 0.29) is 17.5 Å². The summed E-state index contributed by atoms with van der Waals surface area (Å²) < 4.78 is 16.9. The van der Waals surface area contributed by atoms with Gasteiger partial charge in [-0.25, -0.2) is 9.98 Å². The molecule has 0 saturated carbocycles. The van der Waals surface area contributed by atoms with Crippen molar-refractivity contribution in [1.82, 2.24) is 14.9 Å². The number of piperidine rings is 1. The second-order valence-electron chi connectivity index (χ2n) is 11.6. The summed E-state index contributed by atoms with van der Waals surface area (Å²) >= 11 is 1.40. The van der Waals surface area contributed by atoms with Gasteiger partial charge in [0.05, 0.1) is 17.5 Å². The van der Waals surface area contributed by atoms with Crippen LogP contribution >= 0.6 is 11.8 Å². The van der Waals surface area contributed by atoms with E-state index >= 15 is 0 Å². The summed E-state index contributed by atoms with van der Waals surface area (Å²) in [6.07, 6.45) is 7.58. The maximum absolute atomic E-state index is 6.73. The Hall–Kier alpha value is -3.19. The van der Waals surface area contributed by atoms with E-state index in [1.54, 1.807) is 13.3 Å². The molecule has 11 nitrogen and oxygen atoms in total. The number of nitrogens with zero attached hydrogens (tertiary/aromatic N) is 6. The van der Waals surface area contributed by atoms with Crippen LogP contribution in [0.4, 0.5) is 5.82 Å². The molecule has 6 rings (SSSR count). The number of pyridine rings is 2. The molecule has 0 bridgehead atoms. The molecule has 0 aromatic carbocycles. The summed E-state index contributed by atoms with van der Waals surface area (Å²) in [7, 11) is 1.64. The lowest BCUT2D eigenvalue weighted by atomic mass is 9.73. The van der Waals surface area contributed by atoms with Crippen LogP contribution in [0, 0.1) is 11.3 Å². The SMILES string of the molecule is C=N/C(Sc1ccnc2c1OCC1CC(COCOC)CN21)=C(/N)N=C(C)N1CCC2(CC1)Cc1ncccc1[C@H]2N. The molecule has 42 heavy (non-hydrogen) atoms. The first-order valence-electron chi connectivity index (χ1n) is 14.5. The molecule has 0 amide bonds. The van der Waals surface area contributed by atoms with Crippen molar-refractivity contribution < 1.29 is 14.2 Å². The van der Waals surface area contributed by atoms with E-state index in [0.29, 0.717) is 36.8 Å². The van der Waals surface area contributed by atoms with Gasteiger partial charge in [-0.1, -0.05) is 17.8 Å². The molecule has 4 N–H and O–H groups in total. The first kappa shape index (κ1) is 28.9. The zero-order chi connectivity index (χ0) is 29.3. The quantitative estimate of drug-likeness (QED) is 0.154. The van der Waals surface area contributed by atoms with E-state index in [4.69, 9.17) is 30.7 Å². The molecule has 5 heterocycles. The van der Waals surface area contributed by atoms with Gasteiger partial charge >= 0.3 is 0 Å². The highest BCUT2D eigenvalue weighted by atomic mass is 32.2. The molecule has 12 heteroatoms. The van der Waals surface area contributed by atoms with Gasteiger partial charge in [-0.15, -0.1) is 0 Å². The molecule has 4 aliphatic rings. The maximum Gasteiger partial charge on any atom is 0.175 e. The van der Waals surface area contributed by atoms with Crippen molar-refractivity contribution in [3.05, 3.63) is 52.7 Å². The van der Waals surface area contributed by atoms with Crippen LogP contribution < -0.4 is 21.1 Å². The summed E-state index contributed by atoms with van der Waals surface area (Å²) in [4.78, 5) is 23.8. The minimum absolute atomic E-state index is 0.0257. The van der Waals surface area contributed by atoms with Crippen LogP contribution in [-0.4, -0.2) is 80.2 Å². The average molecular weight is 593 g/mol. The highest BCUT2D eigenvalue weighted by molar-refractivity contribution is 8.03. The fourth-order valence-corrected chi connectivity index (χ4v) is 7.65. The number of thioether (sulfide) groups is 1. The van der Waals surface area contributed by atoms with Crippen molar-refractivity contribution in [2.45, 2.75) is 49.6 Å². The van der Waals surface area contributed by atoms with Gasteiger partial charge in [-0.05, 0) is 62.4 Å². The molecule has 1 spiro atoms. The van der Waals surface area contributed by atoms with Crippen molar-refractivity contribution in [2.24, 2.45) is 32.8 Å². The van der Waals surface area contributed by atoms with Gasteiger partial charge < -0.3 is 35.5 Å². The minimum Gasteiger partial charge on any atom is -0.486 e. The molecule has 2 saturated heterocycles. The molecule has 1 aliphatic carbocycles. The third-order valence-corrected chi connectivity index (χ3v) is 10.2. The number of amidine groups is 1. The van der Waals surface area contributed by atoms with Crippen LogP contribution in [0.5, 0.6) is 5.75 Å². The highest BCUT2D eigenvalue weighted by Crippen LogP contribution is 2.50. The number of likely N-dealkylation sites (tertiary alicyclic amines) is 1. The Morgan fingerprint density at radius 3 is 2.86 bits per heavy atom. The molecular weight excluding hydrogens is 552 g/mol. The summed E-state index contributed by atoms with van der Waals surface area (Å²) in [6, 6.07) is 6.33. The zero-order valence-electron chi connectivity index (χ0n) is 24.4. The van der Waals surface area contributed by atoms with Crippen molar-refractivity contribution in [1.29, 1.82) is 0 Å². The molecule has 2 fully saturated rings. The number of hydrogen-bond acceptors (Lipinski definition) is 11. The number of nitrogens with two attached hydrogens (primary N) is 2. The Kier molecular flexibility index (Phi) is 8.39. The minimum atomic E-state index is 0.0257. The molecule has 3 atom stereocenters. The van der Waals surface area contributed by atoms with Crippen LogP contribution in [0.1, 0.15) is 43.5 Å². The number of methoxy groups -OCH3 is 1. The standard InChI is InChI=1S/C30H40N8O3S/c1-19(37-11-7-30(8-12-37)14-23-22(26(30)31)5-4-9-34-23)36-27(32)29(33-2)42-24-6-10-35-28-25(24)41-17-21-13-20(15-38(21)28)16-40-18-39-3/h4-6,9-10,20-21,26H,2,7-8,11-18,31-32H2,1,3H3/b29-27+,36-19?/t20?,21?,26-/m1/s1. The van der Waals surface area contributed by atoms with E-state index < -0.39 is 0 Å². The van der Waals surface area contributed by atoms with Crippen molar-refractivity contribution >= 4 is 30.1 Å². The number of hydrogen-bond donors (Lipinski definition) is 2. The topological polar surface area (TPSA) is 137 Å². The summed E-state index contributed by atoms with van der Waals surface area (Å²) in [6.45, 7) is 9.94. The zero-order valence-corrected chi connectivity index (χ0v) is 25.2. The van der Waals surface area contributed by atoms with Crippen LogP contribution in [0.25, 0.3) is 0 Å². The second kappa shape index (κ2) is 12.2. The number of aliphatic imine (C=N–C) groups is 2.